The van der Waals surface area contributed by atoms with Crippen molar-refractivity contribution in [2.75, 3.05) is 32.2 Å². The minimum absolute atomic E-state index is 0.208. The molecule has 3 N–H and O–H groups in total. The molecule has 0 saturated carbocycles. The number of alkyl carbamates (subject to hydrolysis) is 1. The summed E-state index contributed by atoms with van der Waals surface area (Å²) in [6.07, 6.45) is 7.00. The molecule has 2 aliphatic rings. The van der Waals surface area contributed by atoms with Gasteiger partial charge in [0.1, 0.15) is 11.9 Å². The molecule has 4 heterocycles. The number of nitrogens with zero attached hydrogens (tertiary/aromatic N) is 5. The van der Waals surface area contributed by atoms with Crippen molar-refractivity contribution in [3.8, 4) is 11.5 Å². The van der Waals surface area contributed by atoms with Crippen LogP contribution in [0.4, 0.5) is 10.6 Å². The molecule has 0 spiro atoms. The average molecular weight is 691 g/mol. The maximum Gasteiger partial charge on any atom is 0.407 e. The third-order valence-corrected chi connectivity index (χ3v) is 9.59. The fourth-order valence-corrected chi connectivity index (χ4v) is 6.82. The van der Waals surface area contributed by atoms with Crippen molar-refractivity contribution in [1.29, 1.82) is 0 Å². The molecular weight excluding hydrogens is 650 g/mol. The second-order valence-electron chi connectivity index (χ2n) is 12.1. The Morgan fingerprint density at radius 1 is 1.14 bits per heavy atom. The van der Waals surface area contributed by atoms with Gasteiger partial charge in [-0.15, -0.1) is 0 Å². The highest BCUT2D eigenvalue weighted by Crippen LogP contribution is 2.43. The predicted octanol–water partition coefficient (Wildman–Crippen LogP) is 5.76. The summed E-state index contributed by atoms with van der Waals surface area (Å²) < 4.78 is 19.3. The number of carbonyl (C=O) groups is 2. The number of benzene rings is 1. The Hall–Kier alpha value is -3.26. The van der Waals surface area contributed by atoms with Crippen LogP contribution < -0.4 is 20.5 Å². The molecule has 2 aliphatic heterocycles. The number of carbonyl (C=O) groups excluding carboxylic acids is 2. The molecule has 44 heavy (non-hydrogen) atoms. The number of rotatable bonds is 11. The van der Waals surface area contributed by atoms with E-state index in [2.05, 4.69) is 35.8 Å². The van der Waals surface area contributed by atoms with Gasteiger partial charge >= 0.3 is 6.09 Å². The van der Waals surface area contributed by atoms with Crippen molar-refractivity contribution in [2.24, 2.45) is 5.92 Å². The Morgan fingerprint density at radius 2 is 1.89 bits per heavy atom. The second kappa shape index (κ2) is 14.2. The fourth-order valence-electron chi connectivity index (χ4n) is 5.31. The maximum absolute atomic E-state index is 12.8. The first kappa shape index (κ1) is 32.1. The summed E-state index contributed by atoms with van der Waals surface area (Å²) in [7, 11) is 0. The van der Waals surface area contributed by atoms with Crippen LogP contribution in [0.5, 0.6) is 11.5 Å². The lowest BCUT2D eigenvalue weighted by Gasteiger charge is -2.32. The molecule has 1 saturated heterocycles. The third kappa shape index (κ3) is 8.26. The number of aryl methyl sites for hydroxylation is 1. The number of nitrogens with two attached hydrogens (primary N) is 1. The molecule has 1 aromatic carbocycles. The number of nitrogen functional groups attached to an aromatic ring is 1. The quantitative estimate of drug-likeness (QED) is 0.238. The van der Waals surface area contributed by atoms with Crippen LogP contribution >= 0.6 is 27.7 Å². The largest absolute Gasteiger partial charge is 0.454 e. The molecule has 0 aliphatic carbocycles. The van der Waals surface area contributed by atoms with Crippen molar-refractivity contribution in [1.82, 2.24) is 29.7 Å². The molecule has 1 fully saturated rings. The highest BCUT2D eigenvalue weighted by Gasteiger charge is 2.25. The van der Waals surface area contributed by atoms with Gasteiger partial charge < -0.3 is 34.7 Å². The minimum atomic E-state index is -0.504. The van der Waals surface area contributed by atoms with Gasteiger partial charge in [0.2, 0.25) is 12.7 Å². The van der Waals surface area contributed by atoms with Crippen LogP contribution in [0.25, 0.3) is 11.2 Å². The van der Waals surface area contributed by atoms with Gasteiger partial charge in [0.25, 0.3) is 0 Å². The lowest BCUT2D eigenvalue weighted by Crippen LogP contribution is -2.38. The van der Waals surface area contributed by atoms with Crippen LogP contribution in [0.1, 0.15) is 65.7 Å². The van der Waals surface area contributed by atoms with E-state index in [1.807, 2.05) is 37.8 Å². The van der Waals surface area contributed by atoms with Crippen molar-refractivity contribution in [2.45, 2.75) is 87.9 Å². The summed E-state index contributed by atoms with van der Waals surface area (Å²) in [5.41, 5.74) is 6.97. The number of fused-ring (bicyclic) bond motifs is 2. The Morgan fingerprint density at radius 3 is 2.64 bits per heavy atom. The summed E-state index contributed by atoms with van der Waals surface area (Å²) in [5.74, 6) is 2.47. The molecule has 3 aromatic rings. The van der Waals surface area contributed by atoms with E-state index in [1.165, 1.54) is 18.1 Å². The molecule has 5 rings (SSSR count). The molecule has 2 aromatic heterocycles. The Labute approximate surface area is 269 Å². The number of aromatic nitrogens is 4. The van der Waals surface area contributed by atoms with Crippen molar-refractivity contribution < 1.29 is 23.8 Å². The normalized spacial score (nSPS) is 15.1. The van der Waals surface area contributed by atoms with E-state index in [9.17, 15) is 9.59 Å². The minimum Gasteiger partial charge on any atom is -0.454 e. The first-order valence-corrected chi connectivity index (χ1v) is 16.7. The lowest BCUT2D eigenvalue weighted by molar-refractivity contribution is -0.132. The van der Waals surface area contributed by atoms with E-state index in [1.54, 1.807) is 0 Å². The molecule has 14 heteroatoms. The standard InChI is InChI=1S/C30H40BrN7O5S/c1-30(2,3)43-29(40)33-11-6-4-5-7-24(39)37-12-8-19(9-13-37)10-14-38-27-25(26(32)34-17-35-27)36-28(38)44-23-16-22-21(15-20(23)31)41-18-42-22/h15-17,19H,4-14,18H2,1-3H3,(H,33,40)(H2,32,34,35). The lowest BCUT2D eigenvalue weighted by atomic mass is 9.93. The van der Waals surface area contributed by atoms with Gasteiger partial charge in [-0.2, -0.15) is 0 Å². The number of likely N-dealkylation sites (tertiary alicyclic amines) is 1. The number of hydrogen-bond donors (Lipinski definition) is 2. The smallest absolute Gasteiger partial charge is 0.407 e. The summed E-state index contributed by atoms with van der Waals surface area (Å²) in [5, 5.41) is 3.55. The first-order chi connectivity index (χ1) is 21.1. The van der Waals surface area contributed by atoms with Crippen LogP contribution in [-0.4, -0.2) is 68.4 Å². The van der Waals surface area contributed by atoms with Gasteiger partial charge in [0.15, 0.2) is 33.6 Å². The Kier molecular flexibility index (Phi) is 10.4. The van der Waals surface area contributed by atoms with Crippen LogP contribution in [0, 0.1) is 5.92 Å². The first-order valence-electron chi connectivity index (χ1n) is 15.1. The number of halogens is 1. The zero-order chi connectivity index (χ0) is 31.3. The second-order valence-corrected chi connectivity index (χ2v) is 13.9. The number of nitrogens with one attached hydrogen (secondary N) is 1. The summed E-state index contributed by atoms with van der Waals surface area (Å²) >= 11 is 5.17. The number of imidazole rings is 1. The molecule has 12 nitrogen and oxygen atoms in total. The van der Waals surface area contributed by atoms with Crippen LogP contribution in [-0.2, 0) is 16.1 Å². The van der Waals surface area contributed by atoms with Crippen molar-refractivity contribution in [3.63, 3.8) is 0 Å². The monoisotopic (exact) mass is 689 g/mol. The number of piperidine rings is 1. The molecular formula is C30H40BrN7O5S. The van der Waals surface area contributed by atoms with Gasteiger partial charge in [-0.05, 0) is 86.9 Å². The number of anilines is 1. The number of unbranched alkanes of at least 4 members (excludes halogenated alkanes) is 2. The predicted molar refractivity (Wildman–Crippen MR) is 171 cm³/mol. The summed E-state index contributed by atoms with van der Waals surface area (Å²) in [6.45, 7) is 8.55. The molecule has 2 amide bonds. The third-order valence-electron chi connectivity index (χ3n) is 7.62. The van der Waals surface area contributed by atoms with Gasteiger partial charge in [0.05, 0.1) is 0 Å². The zero-order valence-corrected chi connectivity index (χ0v) is 27.8. The van der Waals surface area contributed by atoms with Gasteiger partial charge in [-0.25, -0.2) is 19.7 Å². The Bertz CT molecular complexity index is 1490. The summed E-state index contributed by atoms with van der Waals surface area (Å²) in [6, 6.07) is 3.86. The van der Waals surface area contributed by atoms with E-state index in [0.717, 1.165) is 72.7 Å². The highest BCUT2D eigenvalue weighted by molar-refractivity contribution is 9.10. The SMILES string of the molecule is CC(C)(C)OC(=O)NCCCCCC(=O)N1CCC(CCn2c(Sc3cc4c(cc3Br)OCO4)nc3c(N)ncnc32)CC1. The fraction of sp³-hybridized carbons (Fsp3) is 0.567. The zero-order valence-electron chi connectivity index (χ0n) is 25.4. The van der Waals surface area contributed by atoms with E-state index in [4.69, 9.17) is 24.9 Å². The summed E-state index contributed by atoms with van der Waals surface area (Å²) in [4.78, 5) is 41.0. The van der Waals surface area contributed by atoms with Crippen molar-refractivity contribution >= 4 is 56.7 Å². The molecule has 0 atom stereocenters. The van der Waals surface area contributed by atoms with E-state index in [0.29, 0.717) is 47.4 Å². The van der Waals surface area contributed by atoms with E-state index in [-0.39, 0.29) is 12.7 Å². The molecule has 0 unspecified atom stereocenters. The topological polar surface area (TPSA) is 147 Å². The van der Waals surface area contributed by atoms with Crippen molar-refractivity contribution in [3.05, 3.63) is 22.9 Å². The average Bonchev–Trinajstić information content (AvgIpc) is 3.57. The molecule has 238 valence electrons. The van der Waals surface area contributed by atoms with E-state index < -0.39 is 11.7 Å². The number of amides is 2. The maximum atomic E-state index is 12.8. The van der Waals surface area contributed by atoms with Gasteiger partial charge in [-0.1, -0.05) is 18.2 Å². The Balaban J connectivity index is 1.10. The van der Waals surface area contributed by atoms with Gasteiger partial charge in [0, 0.05) is 42.0 Å². The van der Waals surface area contributed by atoms with Crippen LogP contribution in [0.15, 0.2) is 33.0 Å². The van der Waals surface area contributed by atoms with Crippen LogP contribution in [0.3, 0.4) is 0 Å². The highest BCUT2D eigenvalue weighted by atomic mass is 79.9. The van der Waals surface area contributed by atoms with Crippen LogP contribution in [0.2, 0.25) is 0 Å². The van der Waals surface area contributed by atoms with E-state index >= 15 is 0 Å². The van der Waals surface area contributed by atoms with Gasteiger partial charge in [-0.3, -0.25) is 4.79 Å². The number of hydrogen-bond acceptors (Lipinski definition) is 10. The molecule has 0 radical (unpaired) electrons. The molecule has 0 bridgehead atoms. The number of ether oxygens (including phenoxy) is 3.